The summed E-state index contributed by atoms with van der Waals surface area (Å²) in [4.78, 5) is 28.5. The van der Waals surface area contributed by atoms with E-state index in [1.165, 1.54) is 12.1 Å². The van der Waals surface area contributed by atoms with Crippen molar-refractivity contribution in [3.63, 3.8) is 0 Å². The Morgan fingerprint density at radius 3 is 2.46 bits per heavy atom. The summed E-state index contributed by atoms with van der Waals surface area (Å²) in [5.74, 6) is 0.845. The van der Waals surface area contributed by atoms with E-state index in [1.807, 2.05) is 6.07 Å². The second-order valence-corrected chi connectivity index (χ2v) is 8.93. The van der Waals surface area contributed by atoms with Gasteiger partial charge >= 0.3 is 0 Å². The molecule has 12 heteroatoms. The molecular formula is C27H35FN8O3. The smallest absolute Gasteiger partial charge is 0.251 e. The first-order valence-electron chi connectivity index (χ1n) is 13.1. The fourth-order valence-electron chi connectivity index (χ4n) is 3.95. The molecule has 39 heavy (non-hydrogen) atoms. The fraction of sp³-hybridized carbons (Fsp3) is 0.407. The van der Waals surface area contributed by atoms with E-state index in [2.05, 4.69) is 35.8 Å². The highest BCUT2D eigenvalue weighted by molar-refractivity contribution is 5.95. The number of hydrogen-bond donors (Lipinski definition) is 4. The second-order valence-electron chi connectivity index (χ2n) is 8.93. The minimum Gasteiger partial charge on any atom is -0.378 e. The lowest BCUT2D eigenvalue weighted by Gasteiger charge is -2.17. The number of nitrogens with one attached hydrogen (secondary N) is 3. The normalized spacial score (nSPS) is 12.9. The number of carbonyl (C=O) groups is 1. The molecule has 0 atom stereocenters. The zero-order chi connectivity index (χ0) is 27.3. The summed E-state index contributed by atoms with van der Waals surface area (Å²) in [6, 6.07) is 13.4. The quantitative estimate of drug-likeness (QED) is 0.214. The van der Waals surface area contributed by atoms with Crippen molar-refractivity contribution in [3.05, 3.63) is 65.5 Å². The lowest BCUT2D eigenvalue weighted by molar-refractivity contribution is 0.0511. The fourth-order valence-corrected chi connectivity index (χ4v) is 3.95. The lowest BCUT2D eigenvalue weighted by Crippen LogP contribution is -2.27. The third-order valence-electron chi connectivity index (χ3n) is 5.92. The standard InChI is InChI=1S/C27H35FN8O3/c28-22-8-6-20(7-9-22)19-31-25-33-26(35-27(34-25)36-12-1-2-13-36)32-23-5-3-4-21(18-23)24(37)30-11-15-39-17-16-38-14-10-29/h3-9,18H,1-2,10-17,19,29H2,(H,30,37)(H2,31,32,33,34,35). The van der Waals surface area contributed by atoms with Crippen molar-refractivity contribution in [1.29, 1.82) is 0 Å². The number of halogens is 1. The molecule has 1 saturated heterocycles. The Hall–Kier alpha value is -3.87. The Morgan fingerprint density at radius 1 is 0.949 bits per heavy atom. The van der Waals surface area contributed by atoms with Crippen LogP contribution in [0.2, 0.25) is 0 Å². The molecule has 4 rings (SSSR count). The number of anilines is 4. The third-order valence-corrected chi connectivity index (χ3v) is 5.92. The van der Waals surface area contributed by atoms with Crippen LogP contribution in [-0.2, 0) is 16.0 Å². The first-order valence-corrected chi connectivity index (χ1v) is 13.1. The zero-order valence-electron chi connectivity index (χ0n) is 21.9. The molecule has 2 heterocycles. The molecule has 2 aromatic carbocycles. The number of aromatic nitrogens is 3. The molecule has 1 aromatic heterocycles. The number of amides is 1. The summed E-state index contributed by atoms with van der Waals surface area (Å²) < 4.78 is 23.9. The Morgan fingerprint density at radius 2 is 1.69 bits per heavy atom. The largest absolute Gasteiger partial charge is 0.378 e. The molecule has 0 bridgehead atoms. The van der Waals surface area contributed by atoms with Gasteiger partial charge in [-0.05, 0) is 48.7 Å². The monoisotopic (exact) mass is 538 g/mol. The molecule has 208 valence electrons. The average molecular weight is 539 g/mol. The summed E-state index contributed by atoms with van der Waals surface area (Å²) >= 11 is 0. The molecule has 0 unspecified atom stereocenters. The van der Waals surface area contributed by atoms with Gasteiger partial charge in [0.05, 0.1) is 26.4 Å². The minimum absolute atomic E-state index is 0.211. The molecule has 3 aromatic rings. The molecule has 0 spiro atoms. The maximum absolute atomic E-state index is 13.2. The van der Waals surface area contributed by atoms with Gasteiger partial charge in [0.15, 0.2) is 0 Å². The number of hydrogen-bond acceptors (Lipinski definition) is 10. The van der Waals surface area contributed by atoms with Gasteiger partial charge in [-0.1, -0.05) is 18.2 Å². The Labute approximate surface area is 227 Å². The average Bonchev–Trinajstić information content (AvgIpc) is 3.49. The van der Waals surface area contributed by atoms with Crippen molar-refractivity contribution < 1.29 is 18.7 Å². The second kappa shape index (κ2) is 14.9. The summed E-state index contributed by atoms with van der Waals surface area (Å²) in [5.41, 5.74) is 7.43. The van der Waals surface area contributed by atoms with Gasteiger partial charge in [0.1, 0.15) is 5.82 Å². The van der Waals surface area contributed by atoms with Gasteiger partial charge in [-0.2, -0.15) is 15.0 Å². The highest BCUT2D eigenvalue weighted by Gasteiger charge is 2.18. The molecule has 1 aliphatic heterocycles. The van der Waals surface area contributed by atoms with Gasteiger partial charge in [0, 0.05) is 44.0 Å². The van der Waals surface area contributed by atoms with Crippen LogP contribution in [0, 0.1) is 5.82 Å². The van der Waals surface area contributed by atoms with Crippen LogP contribution < -0.4 is 26.6 Å². The molecule has 1 aliphatic rings. The highest BCUT2D eigenvalue weighted by atomic mass is 19.1. The number of carbonyl (C=O) groups excluding carboxylic acids is 1. The predicted octanol–water partition coefficient (Wildman–Crippen LogP) is 2.69. The van der Waals surface area contributed by atoms with Gasteiger partial charge in [-0.15, -0.1) is 0 Å². The van der Waals surface area contributed by atoms with Crippen LogP contribution in [0.25, 0.3) is 0 Å². The third kappa shape index (κ3) is 9.13. The topological polar surface area (TPSA) is 140 Å². The molecule has 0 aliphatic carbocycles. The first-order chi connectivity index (χ1) is 19.1. The van der Waals surface area contributed by atoms with Crippen LogP contribution in [0.3, 0.4) is 0 Å². The number of ether oxygens (including phenoxy) is 2. The maximum Gasteiger partial charge on any atom is 0.251 e. The van der Waals surface area contributed by atoms with E-state index in [0.29, 0.717) is 75.2 Å². The van der Waals surface area contributed by atoms with Gasteiger partial charge in [0.25, 0.3) is 5.91 Å². The number of nitrogens with two attached hydrogens (primary N) is 1. The maximum atomic E-state index is 13.2. The van der Waals surface area contributed by atoms with Crippen LogP contribution in [0.5, 0.6) is 0 Å². The van der Waals surface area contributed by atoms with Gasteiger partial charge < -0.3 is 36.1 Å². The first kappa shape index (κ1) is 28.1. The summed E-state index contributed by atoms with van der Waals surface area (Å²) in [5, 5.41) is 9.26. The van der Waals surface area contributed by atoms with Crippen LogP contribution in [0.1, 0.15) is 28.8 Å². The van der Waals surface area contributed by atoms with Crippen molar-refractivity contribution in [1.82, 2.24) is 20.3 Å². The SMILES string of the molecule is NCCOCCOCCNC(=O)c1cccc(Nc2nc(NCc3ccc(F)cc3)nc(N3CCCC3)n2)c1. The van der Waals surface area contributed by atoms with Crippen molar-refractivity contribution in [2.45, 2.75) is 19.4 Å². The van der Waals surface area contributed by atoms with E-state index in [-0.39, 0.29) is 11.7 Å². The Bertz CT molecular complexity index is 1190. The van der Waals surface area contributed by atoms with Crippen LogP contribution in [0.4, 0.5) is 27.9 Å². The molecule has 11 nitrogen and oxygen atoms in total. The van der Waals surface area contributed by atoms with Crippen molar-refractivity contribution in [3.8, 4) is 0 Å². The zero-order valence-corrected chi connectivity index (χ0v) is 21.9. The molecule has 5 N–H and O–H groups in total. The van der Waals surface area contributed by atoms with Crippen molar-refractivity contribution >= 4 is 29.4 Å². The van der Waals surface area contributed by atoms with E-state index in [4.69, 9.17) is 15.2 Å². The van der Waals surface area contributed by atoms with Gasteiger partial charge in [0.2, 0.25) is 17.8 Å². The lowest BCUT2D eigenvalue weighted by atomic mass is 10.2. The van der Waals surface area contributed by atoms with E-state index < -0.39 is 0 Å². The predicted molar refractivity (Wildman–Crippen MR) is 148 cm³/mol. The van der Waals surface area contributed by atoms with Crippen molar-refractivity contribution in [2.75, 3.05) is 68.1 Å². The van der Waals surface area contributed by atoms with E-state index >= 15 is 0 Å². The Balaban J connectivity index is 1.37. The number of benzene rings is 2. The highest BCUT2D eigenvalue weighted by Crippen LogP contribution is 2.22. The number of rotatable bonds is 15. The molecule has 1 fully saturated rings. The molecule has 0 saturated carbocycles. The van der Waals surface area contributed by atoms with Crippen LogP contribution in [0.15, 0.2) is 48.5 Å². The summed E-state index contributed by atoms with van der Waals surface area (Å²) in [6.45, 7) is 4.84. The van der Waals surface area contributed by atoms with E-state index in [9.17, 15) is 9.18 Å². The molecule has 0 radical (unpaired) electrons. The van der Waals surface area contributed by atoms with E-state index in [1.54, 1.807) is 30.3 Å². The van der Waals surface area contributed by atoms with Crippen molar-refractivity contribution in [2.24, 2.45) is 5.73 Å². The van der Waals surface area contributed by atoms with Crippen LogP contribution in [-0.4, -0.2) is 73.5 Å². The summed E-state index contributed by atoms with van der Waals surface area (Å²) in [7, 11) is 0. The molecular weight excluding hydrogens is 503 g/mol. The van der Waals surface area contributed by atoms with Gasteiger partial charge in [-0.3, -0.25) is 4.79 Å². The van der Waals surface area contributed by atoms with Crippen LogP contribution >= 0.6 is 0 Å². The number of nitrogens with zero attached hydrogens (tertiary/aromatic N) is 4. The van der Waals surface area contributed by atoms with E-state index in [0.717, 1.165) is 31.5 Å². The molecule has 1 amide bonds. The Kier molecular flexibility index (Phi) is 10.8. The summed E-state index contributed by atoms with van der Waals surface area (Å²) in [6.07, 6.45) is 2.16. The van der Waals surface area contributed by atoms with Gasteiger partial charge in [-0.25, -0.2) is 4.39 Å². The minimum atomic E-state index is -0.282.